The van der Waals surface area contributed by atoms with Crippen LogP contribution in [0.15, 0.2) is 0 Å². The summed E-state index contributed by atoms with van der Waals surface area (Å²) in [4.78, 5) is 11.0. The largest absolute Gasteiger partial charge is 0.481 e. The Morgan fingerprint density at radius 1 is 1.43 bits per heavy atom. The molecule has 0 aromatic heterocycles. The molecule has 2 aliphatic rings. The average Bonchev–Trinajstić information content (AvgIpc) is 2.55. The van der Waals surface area contributed by atoms with Gasteiger partial charge in [0, 0.05) is 6.42 Å². The van der Waals surface area contributed by atoms with E-state index in [1.165, 1.54) is 0 Å². The van der Waals surface area contributed by atoms with Crippen LogP contribution >= 0.6 is 0 Å². The van der Waals surface area contributed by atoms with E-state index < -0.39 is 29.1 Å². The molecule has 2 fully saturated rings. The van der Waals surface area contributed by atoms with Crippen molar-refractivity contribution >= 4 is 5.97 Å². The highest BCUT2D eigenvalue weighted by Crippen LogP contribution is 2.75. The van der Waals surface area contributed by atoms with Crippen molar-refractivity contribution in [1.29, 1.82) is 0 Å². The molecule has 14 heavy (non-hydrogen) atoms. The topological polar surface area (TPSA) is 37.3 Å². The average molecular weight is 204 g/mol. The van der Waals surface area contributed by atoms with Gasteiger partial charge in [0.05, 0.1) is 0 Å². The SMILES string of the molecule is CCC1(C2(C(=O)O)CC2(F)F)CCC1. The van der Waals surface area contributed by atoms with Crippen LogP contribution in [0.25, 0.3) is 0 Å². The van der Waals surface area contributed by atoms with Gasteiger partial charge in [-0.3, -0.25) is 4.79 Å². The fourth-order valence-electron chi connectivity index (χ4n) is 3.01. The first kappa shape index (κ1) is 9.87. The number of aliphatic carboxylic acids is 1. The van der Waals surface area contributed by atoms with Gasteiger partial charge in [-0.15, -0.1) is 0 Å². The number of carboxylic acids is 1. The molecule has 0 spiro atoms. The zero-order chi connectivity index (χ0) is 10.6. The van der Waals surface area contributed by atoms with E-state index in [0.717, 1.165) is 6.42 Å². The molecule has 0 aromatic carbocycles. The van der Waals surface area contributed by atoms with Crippen LogP contribution in [0, 0.1) is 10.8 Å². The van der Waals surface area contributed by atoms with Gasteiger partial charge in [0.2, 0.25) is 0 Å². The maximum Gasteiger partial charge on any atom is 0.316 e. The van der Waals surface area contributed by atoms with E-state index >= 15 is 0 Å². The van der Waals surface area contributed by atoms with Gasteiger partial charge in [0.25, 0.3) is 5.92 Å². The third-order valence-corrected chi connectivity index (χ3v) is 4.24. The Bertz CT molecular complexity index is 278. The molecule has 0 heterocycles. The van der Waals surface area contributed by atoms with Crippen LogP contribution in [0.5, 0.6) is 0 Å². The number of carbonyl (C=O) groups is 1. The van der Waals surface area contributed by atoms with Crippen molar-refractivity contribution in [1.82, 2.24) is 0 Å². The molecule has 1 N–H and O–H groups in total. The quantitative estimate of drug-likeness (QED) is 0.767. The molecule has 2 saturated carbocycles. The van der Waals surface area contributed by atoms with Crippen molar-refractivity contribution in [3.63, 3.8) is 0 Å². The van der Waals surface area contributed by atoms with Crippen LogP contribution in [-0.4, -0.2) is 17.0 Å². The first-order chi connectivity index (χ1) is 6.42. The normalized spacial score (nSPS) is 37.4. The molecule has 0 saturated heterocycles. The molecule has 1 atom stereocenters. The van der Waals surface area contributed by atoms with Crippen LogP contribution < -0.4 is 0 Å². The molecule has 0 aliphatic heterocycles. The summed E-state index contributed by atoms with van der Waals surface area (Å²) >= 11 is 0. The maximum atomic E-state index is 13.2. The minimum absolute atomic E-state index is 0.455. The highest BCUT2D eigenvalue weighted by Gasteiger charge is 2.84. The summed E-state index contributed by atoms with van der Waals surface area (Å²) in [6.07, 6.45) is 2.27. The van der Waals surface area contributed by atoms with Crippen molar-refractivity contribution in [2.75, 3.05) is 0 Å². The van der Waals surface area contributed by atoms with Gasteiger partial charge in [-0.05, 0) is 24.7 Å². The molecule has 2 rings (SSSR count). The van der Waals surface area contributed by atoms with Crippen LogP contribution in [0.3, 0.4) is 0 Å². The number of alkyl halides is 2. The first-order valence-corrected chi connectivity index (χ1v) is 5.03. The Morgan fingerprint density at radius 3 is 2.00 bits per heavy atom. The Morgan fingerprint density at radius 2 is 1.93 bits per heavy atom. The fraction of sp³-hybridized carbons (Fsp3) is 0.900. The number of hydrogen-bond acceptors (Lipinski definition) is 1. The smallest absolute Gasteiger partial charge is 0.316 e. The molecule has 0 amide bonds. The predicted octanol–water partition coefficient (Wildman–Crippen LogP) is 2.68. The second kappa shape index (κ2) is 2.47. The Hall–Kier alpha value is -0.670. The zero-order valence-corrected chi connectivity index (χ0v) is 8.15. The second-order valence-corrected chi connectivity index (χ2v) is 4.58. The van der Waals surface area contributed by atoms with Crippen molar-refractivity contribution in [3.8, 4) is 0 Å². The standard InChI is InChI=1S/C10H14F2O2/c1-2-8(4-3-5-8)9(7(13)14)6-10(9,11)12/h2-6H2,1H3,(H,13,14). The second-order valence-electron chi connectivity index (χ2n) is 4.58. The summed E-state index contributed by atoms with van der Waals surface area (Å²) in [5, 5.41) is 8.99. The van der Waals surface area contributed by atoms with E-state index in [1.807, 2.05) is 6.92 Å². The molecule has 0 radical (unpaired) electrons. The monoisotopic (exact) mass is 204 g/mol. The first-order valence-electron chi connectivity index (χ1n) is 5.03. The van der Waals surface area contributed by atoms with E-state index in [9.17, 15) is 13.6 Å². The summed E-state index contributed by atoms with van der Waals surface area (Å²) in [6.45, 7) is 1.82. The van der Waals surface area contributed by atoms with Crippen LogP contribution in [0.4, 0.5) is 8.78 Å². The van der Waals surface area contributed by atoms with E-state index in [4.69, 9.17) is 5.11 Å². The summed E-state index contributed by atoms with van der Waals surface area (Å²) in [5.41, 5.74) is -2.35. The van der Waals surface area contributed by atoms with Gasteiger partial charge in [0.15, 0.2) is 0 Å². The third kappa shape index (κ3) is 0.823. The molecular weight excluding hydrogens is 190 g/mol. The van der Waals surface area contributed by atoms with Gasteiger partial charge in [-0.25, -0.2) is 8.78 Å². The summed E-state index contributed by atoms with van der Waals surface area (Å²) in [7, 11) is 0. The summed E-state index contributed by atoms with van der Waals surface area (Å²) < 4.78 is 26.4. The Balaban J connectivity index is 2.34. The number of carboxylic acid groups (broad SMARTS) is 1. The van der Waals surface area contributed by atoms with E-state index in [2.05, 4.69) is 0 Å². The van der Waals surface area contributed by atoms with Crippen molar-refractivity contribution in [3.05, 3.63) is 0 Å². The lowest BCUT2D eigenvalue weighted by atomic mass is 9.57. The van der Waals surface area contributed by atoms with Crippen molar-refractivity contribution in [2.24, 2.45) is 10.8 Å². The Kier molecular flexibility index (Phi) is 1.74. The lowest BCUT2D eigenvalue weighted by Gasteiger charge is -2.46. The van der Waals surface area contributed by atoms with Gasteiger partial charge in [-0.1, -0.05) is 13.3 Å². The minimum atomic E-state index is -2.98. The molecule has 0 aromatic rings. The molecular formula is C10H14F2O2. The molecule has 1 unspecified atom stereocenters. The van der Waals surface area contributed by atoms with Gasteiger partial charge < -0.3 is 5.11 Å². The molecule has 80 valence electrons. The molecule has 2 aliphatic carbocycles. The van der Waals surface area contributed by atoms with Gasteiger partial charge in [0.1, 0.15) is 5.41 Å². The van der Waals surface area contributed by atoms with Crippen LogP contribution in [0.2, 0.25) is 0 Å². The highest BCUT2D eigenvalue weighted by molar-refractivity contribution is 5.82. The maximum absolute atomic E-state index is 13.2. The number of hydrogen-bond donors (Lipinski definition) is 1. The molecule has 2 nitrogen and oxygen atoms in total. The van der Waals surface area contributed by atoms with Crippen LogP contribution in [0.1, 0.15) is 39.0 Å². The third-order valence-electron chi connectivity index (χ3n) is 4.24. The van der Waals surface area contributed by atoms with Gasteiger partial charge in [-0.2, -0.15) is 0 Å². The van der Waals surface area contributed by atoms with Crippen molar-refractivity contribution < 1.29 is 18.7 Å². The summed E-state index contributed by atoms with van der Waals surface area (Å²) in [5.74, 6) is -4.28. The Labute approximate surface area is 81.3 Å². The van der Waals surface area contributed by atoms with Gasteiger partial charge >= 0.3 is 5.97 Å². The van der Waals surface area contributed by atoms with E-state index in [-0.39, 0.29) is 0 Å². The molecule has 0 bridgehead atoms. The number of rotatable bonds is 3. The summed E-state index contributed by atoms with van der Waals surface area (Å²) in [6, 6.07) is 0. The lowest BCUT2D eigenvalue weighted by molar-refractivity contribution is -0.162. The fourth-order valence-corrected chi connectivity index (χ4v) is 3.01. The lowest BCUT2D eigenvalue weighted by Crippen LogP contribution is -2.46. The predicted molar refractivity (Wildman–Crippen MR) is 46.2 cm³/mol. The minimum Gasteiger partial charge on any atom is -0.481 e. The molecule has 4 heteroatoms. The zero-order valence-electron chi connectivity index (χ0n) is 8.15. The number of halogens is 2. The van der Waals surface area contributed by atoms with Crippen molar-refractivity contribution in [2.45, 2.75) is 45.0 Å². The van der Waals surface area contributed by atoms with E-state index in [1.54, 1.807) is 0 Å². The van der Waals surface area contributed by atoms with E-state index in [0.29, 0.717) is 19.3 Å². The van der Waals surface area contributed by atoms with Crippen LogP contribution in [-0.2, 0) is 4.79 Å². The highest BCUT2D eigenvalue weighted by atomic mass is 19.3.